The summed E-state index contributed by atoms with van der Waals surface area (Å²) in [5.41, 5.74) is 1.30. The summed E-state index contributed by atoms with van der Waals surface area (Å²) < 4.78 is 27.0. The first-order chi connectivity index (χ1) is 14.4. The minimum Gasteiger partial charge on any atom is -0.378 e. The third-order valence-electron chi connectivity index (χ3n) is 6.66. The second-order valence-electron chi connectivity index (χ2n) is 8.86. The van der Waals surface area contributed by atoms with Crippen LogP contribution in [0.25, 0.3) is 11.3 Å². The van der Waals surface area contributed by atoms with Crippen LogP contribution >= 0.6 is 11.6 Å². The normalized spacial score (nSPS) is 31.4. The number of hydrogen-bond acceptors (Lipinski definition) is 4. The number of ether oxygens (including phenoxy) is 2. The maximum atomic E-state index is 13.7. The molecule has 1 heterocycles. The van der Waals surface area contributed by atoms with Crippen LogP contribution in [0.4, 0.5) is 4.39 Å². The fourth-order valence-corrected chi connectivity index (χ4v) is 5.20. The molecule has 160 valence electrons. The van der Waals surface area contributed by atoms with Crippen LogP contribution in [0.3, 0.4) is 0 Å². The molecule has 1 amide bonds. The van der Waals surface area contributed by atoms with Crippen molar-refractivity contribution in [2.75, 3.05) is 13.2 Å². The summed E-state index contributed by atoms with van der Waals surface area (Å²) in [6.45, 7) is 2.81. The second kappa shape index (κ2) is 7.32. The minimum absolute atomic E-state index is 0.00302. The molecule has 6 nitrogen and oxygen atoms in total. The highest BCUT2D eigenvalue weighted by molar-refractivity contribution is 6.30. The van der Waals surface area contributed by atoms with Gasteiger partial charge in [-0.3, -0.25) is 4.79 Å². The number of benzene rings is 1. The molecule has 0 atom stereocenters. The summed E-state index contributed by atoms with van der Waals surface area (Å²) in [5, 5.41) is 3.25. The fourth-order valence-electron chi connectivity index (χ4n) is 5.08. The van der Waals surface area contributed by atoms with E-state index in [1.165, 1.54) is 6.07 Å². The summed E-state index contributed by atoms with van der Waals surface area (Å²) in [6, 6.07) is 4.71. The van der Waals surface area contributed by atoms with E-state index < -0.39 is 5.82 Å². The predicted molar refractivity (Wildman–Crippen MR) is 110 cm³/mol. The van der Waals surface area contributed by atoms with Crippen LogP contribution in [-0.4, -0.2) is 46.4 Å². The van der Waals surface area contributed by atoms with Crippen molar-refractivity contribution in [2.24, 2.45) is 0 Å². The summed E-state index contributed by atoms with van der Waals surface area (Å²) in [7, 11) is 0. The van der Waals surface area contributed by atoms with Crippen molar-refractivity contribution in [3.8, 4) is 11.3 Å². The molecule has 0 saturated heterocycles. The van der Waals surface area contributed by atoms with E-state index in [1.807, 2.05) is 13.1 Å². The molecule has 30 heavy (non-hydrogen) atoms. The summed E-state index contributed by atoms with van der Waals surface area (Å²) in [5.74, 6) is -0.500. The lowest BCUT2D eigenvalue weighted by Gasteiger charge is -2.70. The zero-order valence-corrected chi connectivity index (χ0v) is 17.6. The molecule has 4 aliphatic carbocycles. The van der Waals surface area contributed by atoms with Gasteiger partial charge < -0.3 is 19.4 Å². The van der Waals surface area contributed by atoms with Crippen LogP contribution in [0.2, 0.25) is 5.02 Å². The van der Waals surface area contributed by atoms with E-state index in [0.29, 0.717) is 11.3 Å². The van der Waals surface area contributed by atoms with Crippen LogP contribution < -0.4 is 5.32 Å². The van der Waals surface area contributed by atoms with Crippen molar-refractivity contribution >= 4 is 17.5 Å². The number of carbonyl (C=O) groups excluding carboxylic acids is 1. The quantitative estimate of drug-likeness (QED) is 0.689. The summed E-state index contributed by atoms with van der Waals surface area (Å²) in [6.07, 6.45) is 8.54. The Bertz CT molecular complexity index is 953. The van der Waals surface area contributed by atoms with Crippen LogP contribution in [-0.2, 0) is 19.8 Å². The van der Waals surface area contributed by atoms with Crippen LogP contribution in [0.5, 0.6) is 0 Å². The number of aromatic nitrogens is 2. The summed E-state index contributed by atoms with van der Waals surface area (Å²) >= 11 is 5.76. The van der Waals surface area contributed by atoms with E-state index in [0.717, 1.165) is 38.7 Å². The fraction of sp³-hybridized carbons (Fsp3) is 0.545. The van der Waals surface area contributed by atoms with Crippen LogP contribution in [0.15, 0.2) is 30.7 Å². The minimum atomic E-state index is -0.451. The highest BCUT2D eigenvalue weighted by Crippen LogP contribution is 2.65. The first kappa shape index (κ1) is 20.0. The molecular weight excluding hydrogens is 409 g/mol. The molecule has 0 aliphatic heterocycles. The molecule has 0 unspecified atom stereocenters. The van der Waals surface area contributed by atoms with Crippen molar-refractivity contribution in [3.63, 3.8) is 0 Å². The Balaban J connectivity index is 1.11. The van der Waals surface area contributed by atoms with Gasteiger partial charge in [-0.25, -0.2) is 9.37 Å². The first-order valence-corrected chi connectivity index (χ1v) is 10.8. The van der Waals surface area contributed by atoms with Gasteiger partial charge in [0.15, 0.2) is 0 Å². The molecule has 1 aromatic heterocycles. The van der Waals surface area contributed by atoms with E-state index in [1.54, 1.807) is 18.5 Å². The topological polar surface area (TPSA) is 65.4 Å². The number of hydrogen-bond donors (Lipinski definition) is 1. The Morgan fingerprint density at radius 2 is 2.03 bits per heavy atom. The SMILES string of the molecule is CCOC1CC(OCC(=O)NC23CC(n4cnc(-c5ccc(Cl)c(F)c5)c4)(C2)C3)C1. The molecule has 0 spiro atoms. The molecule has 4 aliphatic rings. The predicted octanol–water partition coefficient (Wildman–Crippen LogP) is 3.67. The van der Waals surface area contributed by atoms with Gasteiger partial charge in [0.25, 0.3) is 0 Å². The number of rotatable bonds is 8. The largest absolute Gasteiger partial charge is 0.378 e. The van der Waals surface area contributed by atoms with E-state index in [2.05, 4.69) is 14.9 Å². The lowest BCUT2D eigenvalue weighted by molar-refractivity contribution is -0.163. The summed E-state index contributed by atoms with van der Waals surface area (Å²) in [4.78, 5) is 16.7. The molecule has 8 heteroatoms. The van der Waals surface area contributed by atoms with Crippen molar-refractivity contribution in [2.45, 2.75) is 62.3 Å². The molecule has 2 bridgehead atoms. The Morgan fingerprint density at radius 3 is 2.73 bits per heavy atom. The molecule has 6 rings (SSSR count). The molecule has 4 saturated carbocycles. The van der Waals surface area contributed by atoms with Crippen molar-refractivity contribution in [1.29, 1.82) is 0 Å². The molecule has 2 aromatic rings. The zero-order chi connectivity index (χ0) is 20.9. The zero-order valence-electron chi connectivity index (χ0n) is 16.9. The van der Waals surface area contributed by atoms with Gasteiger partial charge in [0.2, 0.25) is 5.91 Å². The van der Waals surface area contributed by atoms with Gasteiger partial charge in [-0.1, -0.05) is 17.7 Å². The van der Waals surface area contributed by atoms with E-state index in [4.69, 9.17) is 21.1 Å². The van der Waals surface area contributed by atoms with Gasteiger partial charge in [-0.15, -0.1) is 0 Å². The standard InChI is InChI=1S/C22H25ClFN3O3/c1-2-29-15-6-16(7-15)30-9-20(28)26-21-10-22(11-21,12-21)27-8-19(25-13-27)14-3-4-17(23)18(24)5-14/h3-5,8,13,15-16H,2,6-7,9-12H2,1H3,(H,26,28). The number of nitrogens with zero attached hydrogens (tertiary/aromatic N) is 2. The van der Waals surface area contributed by atoms with Crippen molar-refractivity contribution < 1.29 is 18.7 Å². The van der Waals surface area contributed by atoms with Crippen molar-refractivity contribution in [1.82, 2.24) is 14.9 Å². The Hall–Kier alpha value is -1.96. The maximum absolute atomic E-state index is 13.7. The van der Waals surface area contributed by atoms with E-state index in [9.17, 15) is 9.18 Å². The monoisotopic (exact) mass is 433 g/mol. The maximum Gasteiger partial charge on any atom is 0.246 e. The lowest BCUT2D eigenvalue weighted by atomic mass is 9.44. The van der Waals surface area contributed by atoms with E-state index in [-0.39, 0.29) is 40.8 Å². The Labute approximate surface area is 179 Å². The van der Waals surface area contributed by atoms with Crippen molar-refractivity contribution in [3.05, 3.63) is 41.6 Å². The number of nitrogens with one attached hydrogen (secondary N) is 1. The van der Waals surface area contributed by atoms with Gasteiger partial charge in [0, 0.05) is 23.9 Å². The van der Waals surface area contributed by atoms with Gasteiger partial charge in [0.05, 0.1) is 34.8 Å². The first-order valence-electron chi connectivity index (χ1n) is 10.4. The Kier molecular flexibility index (Phi) is 4.87. The van der Waals surface area contributed by atoms with Gasteiger partial charge in [-0.05, 0) is 51.2 Å². The average Bonchev–Trinajstić information content (AvgIpc) is 3.10. The third kappa shape index (κ3) is 3.43. The second-order valence-corrected chi connectivity index (χ2v) is 9.27. The Morgan fingerprint density at radius 1 is 1.30 bits per heavy atom. The molecule has 1 aromatic carbocycles. The third-order valence-corrected chi connectivity index (χ3v) is 6.96. The number of carbonyl (C=O) groups is 1. The number of amides is 1. The van der Waals surface area contributed by atoms with Gasteiger partial charge >= 0.3 is 0 Å². The highest BCUT2D eigenvalue weighted by atomic mass is 35.5. The van der Waals surface area contributed by atoms with Gasteiger partial charge in [0.1, 0.15) is 12.4 Å². The van der Waals surface area contributed by atoms with Gasteiger partial charge in [-0.2, -0.15) is 0 Å². The van der Waals surface area contributed by atoms with Crippen LogP contribution in [0.1, 0.15) is 39.0 Å². The molecule has 4 fully saturated rings. The number of halogens is 2. The van der Waals surface area contributed by atoms with E-state index >= 15 is 0 Å². The lowest BCUT2D eigenvalue weighted by Crippen LogP contribution is -2.78. The molecular formula is C22H25ClFN3O3. The highest BCUT2D eigenvalue weighted by Gasteiger charge is 2.69. The number of imidazole rings is 1. The van der Waals surface area contributed by atoms with Crippen LogP contribution in [0, 0.1) is 5.82 Å². The molecule has 0 radical (unpaired) electrons. The molecule has 1 N–H and O–H groups in total. The average molecular weight is 434 g/mol. The smallest absolute Gasteiger partial charge is 0.246 e.